The van der Waals surface area contributed by atoms with Crippen LogP contribution in [0.4, 0.5) is 8.78 Å². The van der Waals surface area contributed by atoms with Crippen molar-refractivity contribution in [2.24, 2.45) is 5.73 Å². The molecule has 18 heavy (non-hydrogen) atoms. The van der Waals surface area contributed by atoms with E-state index < -0.39 is 11.6 Å². The van der Waals surface area contributed by atoms with Crippen LogP contribution in [0.3, 0.4) is 0 Å². The van der Waals surface area contributed by atoms with Gasteiger partial charge in [0.2, 0.25) is 5.88 Å². The molecule has 1 aromatic carbocycles. The van der Waals surface area contributed by atoms with Crippen molar-refractivity contribution in [3.05, 3.63) is 52.7 Å². The number of hydrogen-bond donors (Lipinski definition) is 1. The van der Waals surface area contributed by atoms with E-state index in [1.165, 1.54) is 12.3 Å². The fraction of sp³-hybridized carbons (Fsp3) is 0.0833. The summed E-state index contributed by atoms with van der Waals surface area (Å²) in [6, 6.07) is 4.40. The van der Waals surface area contributed by atoms with Crippen LogP contribution in [0.5, 0.6) is 11.6 Å². The van der Waals surface area contributed by atoms with Gasteiger partial charge in [0, 0.05) is 24.9 Å². The fourth-order valence-corrected chi connectivity index (χ4v) is 1.52. The zero-order valence-electron chi connectivity index (χ0n) is 9.16. The molecule has 2 N–H and O–H groups in total. The average Bonchev–Trinajstić information content (AvgIpc) is 2.36. The second-order valence-corrected chi connectivity index (χ2v) is 3.90. The quantitative estimate of drug-likeness (QED) is 0.931. The van der Waals surface area contributed by atoms with E-state index in [4.69, 9.17) is 22.1 Å². The predicted octanol–water partition coefficient (Wildman–Crippen LogP) is 3.26. The number of ether oxygens (including phenoxy) is 1. The second kappa shape index (κ2) is 5.29. The third-order valence-corrected chi connectivity index (χ3v) is 2.58. The molecule has 2 aromatic rings. The lowest BCUT2D eigenvalue weighted by Gasteiger charge is -2.08. The van der Waals surface area contributed by atoms with Crippen LogP contribution in [-0.2, 0) is 6.54 Å². The number of nitrogens with two attached hydrogens (primary N) is 1. The molecule has 0 aliphatic heterocycles. The van der Waals surface area contributed by atoms with Crippen LogP contribution in [0.1, 0.15) is 5.56 Å². The molecule has 0 amide bonds. The molecule has 0 radical (unpaired) electrons. The molecule has 1 aromatic heterocycles. The maximum absolute atomic E-state index is 13.3. The van der Waals surface area contributed by atoms with Crippen LogP contribution in [0, 0.1) is 11.6 Å². The maximum Gasteiger partial charge on any atom is 0.219 e. The van der Waals surface area contributed by atoms with Crippen molar-refractivity contribution in [2.75, 3.05) is 0 Å². The fourth-order valence-electron chi connectivity index (χ4n) is 1.34. The molecular weight excluding hydrogens is 262 g/mol. The van der Waals surface area contributed by atoms with Crippen molar-refractivity contribution in [1.29, 1.82) is 0 Å². The number of rotatable bonds is 3. The van der Waals surface area contributed by atoms with E-state index in [-0.39, 0.29) is 18.2 Å². The van der Waals surface area contributed by atoms with Gasteiger partial charge in [0.25, 0.3) is 0 Å². The largest absolute Gasteiger partial charge is 0.436 e. The molecule has 0 aliphatic rings. The van der Waals surface area contributed by atoms with Crippen molar-refractivity contribution < 1.29 is 13.5 Å². The summed E-state index contributed by atoms with van der Waals surface area (Å²) in [5, 5.41) is 0.393. The topological polar surface area (TPSA) is 48.1 Å². The van der Waals surface area contributed by atoms with E-state index in [1.54, 1.807) is 0 Å². The molecule has 0 fully saturated rings. The molecule has 0 saturated carbocycles. The first kappa shape index (κ1) is 12.7. The molecule has 0 spiro atoms. The van der Waals surface area contributed by atoms with Gasteiger partial charge in [-0.15, -0.1) is 0 Å². The molecule has 0 saturated heterocycles. The highest BCUT2D eigenvalue weighted by Gasteiger charge is 2.09. The summed E-state index contributed by atoms with van der Waals surface area (Å²) >= 11 is 5.82. The Morgan fingerprint density at radius 3 is 2.78 bits per heavy atom. The monoisotopic (exact) mass is 270 g/mol. The van der Waals surface area contributed by atoms with Crippen LogP contribution in [0.15, 0.2) is 30.5 Å². The number of aromatic nitrogens is 1. The van der Waals surface area contributed by atoms with Gasteiger partial charge < -0.3 is 10.5 Å². The summed E-state index contributed by atoms with van der Waals surface area (Å²) in [4.78, 5) is 3.85. The van der Waals surface area contributed by atoms with Crippen molar-refractivity contribution in [3.63, 3.8) is 0 Å². The van der Waals surface area contributed by atoms with Crippen molar-refractivity contribution in [3.8, 4) is 11.6 Å². The van der Waals surface area contributed by atoms with Crippen LogP contribution in [-0.4, -0.2) is 4.98 Å². The van der Waals surface area contributed by atoms with Gasteiger partial charge in [-0.2, -0.15) is 0 Å². The molecule has 0 aliphatic carbocycles. The van der Waals surface area contributed by atoms with Gasteiger partial charge in [-0.3, -0.25) is 0 Å². The molecule has 94 valence electrons. The zero-order valence-corrected chi connectivity index (χ0v) is 9.92. The van der Waals surface area contributed by atoms with Gasteiger partial charge in [-0.1, -0.05) is 11.6 Å². The molecule has 0 unspecified atom stereocenters. The van der Waals surface area contributed by atoms with Crippen molar-refractivity contribution in [2.45, 2.75) is 6.54 Å². The third-order valence-electron chi connectivity index (χ3n) is 2.24. The van der Waals surface area contributed by atoms with Crippen LogP contribution >= 0.6 is 11.6 Å². The molecule has 0 atom stereocenters. The number of hydrogen-bond acceptors (Lipinski definition) is 3. The Kier molecular flexibility index (Phi) is 3.74. The Bertz CT molecular complexity index is 578. The minimum absolute atomic E-state index is 0.101. The lowest BCUT2D eigenvalue weighted by molar-refractivity contribution is 0.422. The molecule has 6 heteroatoms. The number of pyridine rings is 1. The first-order chi connectivity index (χ1) is 8.60. The smallest absolute Gasteiger partial charge is 0.219 e. The number of benzene rings is 1. The Balaban J connectivity index is 2.31. The van der Waals surface area contributed by atoms with Gasteiger partial charge in [0.05, 0.1) is 5.02 Å². The summed E-state index contributed by atoms with van der Waals surface area (Å²) in [5.74, 6) is -1.42. The SMILES string of the molecule is NCc1cc(Oc2cc(F)ccc2F)ncc1Cl. The summed E-state index contributed by atoms with van der Waals surface area (Å²) in [7, 11) is 0. The van der Waals surface area contributed by atoms with Gasteiger partial charge in [0.15, 0.2) is 11.6 Å². The summed E-state index contributed by atoms with van der Waals surface area (Å²) < 4.78 is 31.4. The zero-order chi connectivity index (χ0) is 13.1. The Labute approximate surface area is 107 Å². The van der Waals surface area contributed by atoms with Crippen LogP contribution in [0.2, 0.25) is 5.02 Å². The predicted molar refractivity (Wildman–Crippen MR) is 63.6 cm³/mol. The molecular formula is C12H9ClF2N2O. The normalized spacial score (nSPS) is 10.4. The first-order valence-electron chi connectivity index (χ1n) is 5.07. The molecule has 0 bridgehead atoms. The van der Waals surface area contributed by atoms with Gasteiger partial charge in [-0.05, 0) is 17.7 Å². The number of halogens is 3. The highest BCUT2D eigenvalue weighted by atomic mass is 35.5. The van der Waals surface area contributed by atoms with Gasteiger partial charge >= 0.3 is 0 Å². The lowest BCUT2D eigenvalue weighted by atomic mass is 10.2. The van der Waals surface area contributed by atoms with E-state index in [1.807, 2.05) is 0 Å². The summed E-state index contributed by atoms with van der Waals surface area (Å²) in [6.45, 7) is 0.198. The highest BCUT2D eigenvalue weighted by molar-refractivity contribution is 6.31. The highest BCUT2D eigenvalue weighted by Crippen LogP contribution is 2.26. The van der Waals surface area contributed by atoms with E-state index >= 15 is 0 Å². The maximum atomic E-state index is 13.3. The van der Waals surface area contributed by atoms with E-state index in [0.29, 0.717) is 10.6 Å². The van der Waals surface area contributed by atoms with E-state index in [9.17, 15) is 8.78 Å². The third kappa shape index (κ3) is 2.75. The molecule has 1 heterocycles. The Morgan fingerprint density at radius 1 is 1.28 bits per heavy atom. The molecule has 3 nitrogen and oxygen atoms in total. The second-order valence-electron chi connectivity index (χ2n) is 3.49. The van der Waals surface area contributed by atoms with Gasteiger partial charge in [0.1, 0.15) is 5.82 Å². The summed E-state index contributed by atoms with van der Waals surface area (Å²) in [6.07, 6.45) is 1.34. The van der Waals surface area contributed by atoms with Crippen LogP contribution < -0.4 is 10.5 Å². The lowest BCUT2D eigenvalue weighted by Crippen LogP contribution is -1.99. The Hall–Kier alpha value is -1.72. The number of nitrogens with zero attached hydrogens (tertiary/aromatic N) is 1. The van der Waals surface area contributed by atoms with E-state index in [0.717, 1.165) is 18.2 Å². The standard InChI is InChI=1S/C12H9ClF2N2O/c13-9-6-17-12(3-7(9)5-16)18-11-4-8(14)1-2-10(11)15/h1-4,6H,5,16H2. The molecule has 2 rings (SSSR count). The minimum Gasteiger partial charge on any atom is -0.436 e. The minimum atomic E-state index is -0.678. The van der Waals surface area contributed by atoms with Crippen molar-refractivity contribution in [1.82, 2.24) is 4.98 Å². The van der Waals surface area contributed by atoms with Crippen LogP contribution in [0.25, 0.3) is 0 Å². The Morgan fingerprint density at radius 2 is 2.06 bits per heavy atom. The summed E-state index contributed by atoms with van der Waals surface area (Å²) in [5.41, 5.74) is 6.07. The van der Waals surface area contributed by atoms with Crippen molar-refractivity contribution >= 4 is 11.6 Å². The van der Waals surface area contributed by atoms with Gasteiger partial charge in [-0.25, -0.2) is 13.8 Å². The average molecular weight is 271 g/mol. The van der Waals surface area contributed by atoms with E-state index in [2.05, 4.69) is 4.98 Å². The first-order valence-corrected chi connectivity index (χ1v) is 5.45.